The number of hydrogen-bond acceptors (Lipinski definition) is 6. The van der Waals surface area contributed by atoms with Gasteiger partial charge in [-0.15, -0.1) is 0 Å². The highest BCUT2D eigenvalue weighted by Gasteiger charge is 2.41. The van der Waals surface area contributed by atoms with Crippen molar-refractivity contribution < 1.29 is 28.5 Å². The lowest BCUT2D eigenvalue weighted by Gasteiger charge is -2.33. The molecule has 1 amide bonds. The molecule has 2 aliphatic heterocycles. The van der Waals surface area contributed by atoms with Gasteiger partial charge in [0.2, 0.25) is 6.79 Å². The Morgan fingerprint density at radius 2 is 1.72 bits per heavy atom. The van der Waals surface area contributed by atoms with Crippen LogP contribution in [0.5, 0.6) is 23.0 Å². The summed E-state index contributed by atoms with van der Waals surface area (Å²) in [6.07, 6.45) is 0. The van der Waals surface area contributed by atoms with Crippen LogP contribution in [0.2, 0.25) is 0 Å². The molecule has 0 bridgehead atoms. The number of nitrogens with one attached hydrogen (secondary N) is 1. The van der Waals surface area contributed by atoms with E-state index in [1.54, 1.807) is 30.3 Å². The molecule has 0 spiro atoms. The van der Waals surface area contributed by atoms with Crippen molar-refractivity contribution in [2.45, 2.75) is 18.9 Å². The zero-order valence-electron chi connectivity index (χ0n) is 17.4. The first-order valence-electron chi connectivity index (χ1n) is 10.4. The summed E-state index contributed by atoms with van der Waals surface area (Å²) >= 11 is 0. The minimum atomic E-state index is -0.923. The molecule has 5 rings (SSSR count). The Balaban J connectivity index is 1.56. The zero-order valence-corrected chi connectivity index (χ0v) is 17.4. The molecule has 3 aromatic rings. The predicted octanol–water partition coefficient (Wildman–Crippen LogP) is 3.66. The van der Waals surface area contributed by atoms with Gasteiger partial charge in [-0.2, -0.15) is 0 Å². The van der Waals surface area contributed by atoms with Crippen molar-refractivity contribution in [3.05, 3.63) is 83.4 Å². The molecule has 2 aliphatic rings. The van der Waals surface area contributed by atoms with E-state index in [0.29, 0.717) is 29.4 Å². The molecule has 162 valence electrons. The highest BCUT2D eigenvalue weighted by molar-refractivity contribution is 5.98. The van der Waals surface area contributed by atoms with Gasteiger partial charge >= 0.3 is 5.97 Å². The average Bonchev–Trinajstić information content (AvgIpc) is 3.27. The largest absolute Gasteiger partial charge is 0.494 e. The van der Waals surface area contributed by atoms with Gasteiger partial charge in [-0.25, -0.2) is 4.79 Å². The Hall–Kier alpha value is -4.00. The van der Waals surface area contributed by atoms with Crippen LogP contribution in [0.4, 0.5) is 0 Å². The molecule has 7 heteroatoms. The maximum absolute atomic E-state index is 13.0. The summed E-state index contributed by atoms with van der Waals surface area (Å²) in [5.74, 6) is 0.838. The lowest BCUT2D eigenvalue weighted by atomic mass is 9.82. The number of rotatable bonds is 5. The SMILES string of the molecule is CCOc1ccc([C@@H]2c3cc4c(cc3OC(=O)[C@@H]2NC(=O)c2ccccc2)OCO4)cc1. The van der Waals surface area contributed by atoms with Crippen LogP contribution in [0.15, 0.2) is 66.7 Å². The van der Waals surface area contributed by atoms with E-state index >= 15 is 0 Å². The monoisotopic (exact) mass is 431 g/mol. The van der Waals surface area contributed by atoms with Crippen LogP contribution in [0.3, 0.4) is 0 Å². The molecule has 0 aliphatic carbocycles. The van der Waals surface area contributed by atoms with E-state index in [1.807, 2.05) is 43.3 Å². The molecule has 2 heterocycles. The van der Waals surface area contributed by atoms with Crippen molar-refractivity contribution in [1.82, 2.24) is 5.32 Å². The maximum atomic E-state index is 13.0. The van der Waals surface area contributed by atoms with E-state index in [4.69, 9.17) is 18.9 Å². The lowest BCUT2D eigenvalue weighted by molar-refractivity contribution is -0.138. The molecule has 3 aromatic carbocycles. The molecule has 0 radical (unpaired) electrons. The molecule has 7 nitrogen and oxygen atoms in total. The van der Waals surface area contributed by atoms with E-state index in [2.05, 4.69) is 5.32 Å². The Labute approximate surface area is 184 Å². The van der Waals surface area contributed by atoms with Crippen LogP contribution < -0.4 is 24.3 Å². The van der Waals surface area contributed by atoms with Gasteiger partial charge in [0, 0.05) is 23.1 Å². The molecular weight excluding hydrogens is 410 g/mol. The second-order valence-electron chi connectivity index (χ2n) is 7.46. The number of hydrogen-bond donors (Lipinski definition) is 1. The molecular formula is C25H21NO6. The molecule has 0 saturated heterocycles. The number of carbonyl (C=O) groups is 2. The maximum Gasteiger partial charge on any atom is 0.335 e. The fourth-order valence-electron chi connectivity index (χ4n) is 4.02. The number of ether oxygens (including phenoxy) is 4. The van der Waals surface area contributed by atoms with Crippen LogP contribution in [0.25, 0.3) is 0 Å². The molecule has 1 N–H and O–H groups in total. The second-order valence-corrected chi connectivity index (χ2v) is 7.46. The first-order chi connectivity index (χ1) is 15.6. The molecule has 0 unspecified atom stereocenters. The first-order valence-corrected chi connectivity index (χ1v) is 10.4. The first kappa shape index (κ1) is 19.9. The second kappa shape index (κ2) is 8.26. The standard InChI is InChI=1S/C25H21NO6/c1-2-29-17-10-8-15(9-11-17)22-18-12-20-21(31-14-30-20)13-19(18)32-25(28)23(22)26-24(27)16-6-4-3-5-7-16/h3-13,22-23H,2,14H2,1H3,(H,26,27)/t22-,23-/m1/s1. The van der Waals surface area contributed by atoms with Crippen LogP contribution in [-0.2, 0) is 4.79 Å². The van der Waals surface area contributed by atoms with Gasteiger partial charge in [-0.3, -0.25) is 4.79 Å². The Bertz CT molecular complexity index is 1160. The summed E-state index contributed by atoms with van der Waals surface area (Å²) in [5, 5.41) is 2.87. The van der Waals surface area contributed by atoms with Crippen molar-refractivity contribution in [3.8, 4) is 23.0 Å². The fourth-order valence-corrected chi connectivity index (χ4v) is 4.02. The highest BCUT2D eigenvalue weighted by atomic mass is 16.7. The van der Waals surface area contributed by atoms with Gasteiger partial charge in [-0.1, -0.05) is 30.3 Å². The minimum Gasteiger partial charge on any atom is -0.494 e. The summed E-state index contributed by atoms with van der Waals surface area (Å²) < 4.78 is 22.1. The number of carbonyl (C=O) groups excluding carboxylic acids is 2. The van der Waals surface area contributed by atoms with Crippen molar-refractivity contribution in [2.24, 2.45) is 0 Å². The van der Waals surface area contributed by atoms with Gasteiger partial charge in [0.1, 0.15) is 17.5 Å². The van der Waals surface area contributed by atoms with E-state index in [0.717, 1.165) is 16.9 Å². The van der Waals surface area contributed by atoms with Gasteiger partial charge in [0.15, 0.2) is 11.5 Å². The third-order valence-corrected chi connectivity index (χ3v) is 5.51. The Kier molecular flexibility index (Phi) is 5.15. The molecule has 32 heavy (non-hydrogen) atoms. The summed E-state index contributed by atoms with van der Waals surface area (Å²) in [6.45, 7) is 2.57. The quantitative estimate of drug-likeness (QED) is 0.490. The lowest BCUT2D eigenvalue weighted by Crippen LogP contribution is -2.49. The van der Waals surface area contributed by atoms with Crippen molar-refractivity contribution in [3.63, 3.8) is 0 Å². The molecule has 0 fully saturated rings. The Morgan fingerprint density at radius 1 is 1.00 bits per heavy atom. The van der Waals surface area contributed by atoms with Crippen LogP contribution in [-0.4, -0.2) is 31.3 Å². The van der Waals surface area contributed by atoms with Gasteiger partial charge in [0.05, 0.1) is 6.61 Å². The topological polar surface area (TPSA) is 83.1 Å². The van der Waals surface area contributed by atoms with E-state index in [9.17, 15) is 9.59 Å². The number of amides is 1. The highest BCUT2D eigenvalue weighted by Crippen LogP contribution is 2.46. The van der Waals surface area contributed by atoms with E-state index in [-0.39, 0.29) is 12.7 Å². The van der Waals surface area contributed by atoms with Crippen molar-refractivity contribution in [1.29, 1.82) is 0 Å². The van der Waals surface area contributed by atoms with Gasteiger partial charge in [0.25, 0.3) is 5.91 Å². The van der Waals surface area contributed by atoms with Gasteiger partial charge in [-0.05, 0) is 42.8 Å². The van der Waals surface area contributed by atoms with Gasteiger partial charge < -0.3 is 24.3 Å². The molecule has 2 atom stereocenters. The minimum absolute atomic E-state index is 0.105. The van der Waals surface area contributed by atoms with Crippen molar-refractivity contribution in [2.75, 3.05) is 13.4 Å². The predicted molar refractivity (Wildman–Crippen MR) is 115 cm³/mol. The van der Waals surface area contributed by atoms with Crippen LogP contribution in [0.1, 0.15) is 34.3 Å². The Morgan fingerprint density at radius 3 is 2.44 bits per heavy atom. The average molecular weight is 431 g/mol. The summed E-state index contributed by atoms with van der Waals surface area (Å²) in [4.78, 5) is 25.9. The smallest absolute Gasteiger partial charge is 0.335 e. The molecule has 0 saturated carbocycles. The van der Waals surface area contributed by atoms with Crippen molar-refractivity contribution >= 4 is 11.9 Å². The normalized spacial score (nSPS) is 18.5. The third-order valence-electron chi connectivity index (χ3n) is 5.51. The third kappa shape index (κ3) is 3.62. The van der Waals surface area contributed by atoms with Crippen LogP contribution >= 0.6 is 0 Å². The molecule has 0 aromatic heterocycles. The van der Waals surface area contributed by atoms with Crippen LogP contribution in [0, 0.1) is 0 Å². The van der Waals surface area contributed by atoms with E-state index < -0.39 is 17.9 Å². The summed E-state index contributed by atoms with van der Waals surface area (Å²) in [6, 6.07) is 18.8. The summed E-state index contributed by atoms with van der Waals surface area (Å²) in [7, 11) is 0. The fraction of sp³-hybridized carbons (Fsp3) is 0.200. The summed E-state index contributed by atoms with van der Waals surface area (Å²) in [5.41, 5.74) is 2.03. The number of esters is 1. The number of benzene rings is 3. The van der Waals surface area contributed by atoms with E-state index in [1.165, 1.54) is 0 Å². The number of fused-ring (bicyclic) bond motifs is 2. The zero-order chi connectivity index (χ0) is 22.1.